The molecule has 0 saturated heterocycles. The number of aromatic nitrogens is 2. The fourth-order valence-corrected chi connectivity index (χ4v) is 6.40. The minimum absolute atomic E-state index is 0.0330. The van der Waals surface area contributed by atoms with Gasteiger partial charge in [0, 0.05) is 24.0 Å². The molecule has 2 fully saturated rings. The number of alkyl halides is 3. The molecule has 8 rings (SSSR count). The van der Waals surface area contributed by atoms with Gasteiger partial charge in [0.2, 0.25) is 0 Å². The number of carbonyl (C=O) groups is 2. The maximum absolute atomic E-state index is 14.7. The monoisotopic (exact) mass is 846 g/mol. The summed E-state index contributed by atoms with van der Waals surface area (Å²) in [6, 6.07) is 18.2. The molecule has 4 aromatic carbocycles. The second-order valence-corrected chi connectivity index (χ2v) is 14.2. The van der Waals surface area contributed by atoms with E-state index in [1.807, 2.05) is 0 Å². The van der Waals surface area contributed by atoms with Crippen LogP contribution in [0.1, 0.15) is 69.4 Å². The molecule has 61 heavy (non-hydrogen) atoms. The van der Waals surface area contributed by atoms with Gasteiger partial charge in [0.25, 0.3) is 0 Å². The van der Waals surface area contributed by atoms with Gasteiger partial charge in [0.15, 0.2) is 0 Å². The number of hydrogen-bond acceptors (Lipinski definition) is 8. The molecule has 0 bridgehead atoms. The van der Waals surface area contributed by atoms with Crippen LogP contribution in [0.5, 0.6) is 11.5 Å². The average Bonchev–Trinajstić information content (AvgIpc) is 4.15. The highest BCUT2D eigenvalue weighted by Crippen LogP contribution is 2.42. The molecule has 2 heterocycles. The number of methoxy groups -OCH3 is 1. The molecule has 0 spiro atoms. The minimum atomic E-state index is -4.91. The van der Waals surface area contributed by atoms with Crippen LogP contribution in [0.2, 0.25) is 0 Å². The van der Waals surface area contributed by atoms with E-state index >= 15 is 0 Å². The fraction of sp³-hybridized carbons (Fsp3) is 0.182. The summed E-state index contributed by atoms with van der Waals surface area (Å²) in [7, 11) is 1.49. The maximum atomic E-state index is 14.7. The molecule has 2 saturated carbocycles. The molecule has 314 valence electrons. The van der Waals surface area contributed by atoms with Crippen LogP contribution in [0.15, 0.2) is 97.3 Å². The SMILES string of the molecule is COc1cccc(-c2cc(F)c(Nc3ncc(C4CC4)cc3C(=O)O)cc2F)c1.O=C(O)c1cc(C2CC2)cnc1Nc1c(F)cc(-c2cccc(OC(F)(F)F)c2)cc1F. The first-order chi connectivity index (χ1) is 29.1. The fourth-order valence-electron chi connectivity index (χ4n) is 6.40. The summed E-state index contributed by atoms with van der Waals surface area (Å²) in [5.41, 5.74) is 1.04. The van der Waals surface area contributed by atoms with Crippen molar-refractivity contribution in [1.29, 1.82) is 0 Å². The van der Waals surface area contributed by atoms with Crippen molar-refractivity contribution in [3.63, 3.8) is 0 Å². The molecule has 0 atom stereocenters. The van der Waals surface area contributed by atoms with E-state index in [-0.39, 0.29) is 51.1 Å². The number of nitrogens with one attached hydrogen (secondary N) is 2. The second kappa shape index (κ2) is 17.2. The Labute approximate surface area is 342 Å². The summed E-state index contributed by atoms with van der Waals surface area (Å²) in [4.78, 5) is 31.3. The molecule has 2 aromatic heterocycles. The number of carboxylic acid groups (broad SMARTS) is 2. The van der Waals surface area contributed by atoms with Crippen LogP contribution in [0.3, 0.4) is 0 Å². The average molecular weight is 847 g/mol. The van der Waals surface area contributed by atoms with Crippen molar-refractivity contribution in [3.05, 3.63) is 143 Å². The van der Waals surface area contributed by atoms with Crippen molar-refractivity contribution in [2.75, 3.05) is 17.7 Å². The van der Waals surface area contributed by atoms with Gasteiger partial charge in [-0.1, -0.05) is 24.3 Å². The largest absolute Gasteiger partial charge is 0.573 e. The Morgan fingerprint density at radius 2 is 1.16 bits per heavy atom. The van der Waals surface area contributed by atoms with Crippen molar-refractivity contribution < 1.29 is 60.0 Å². The first-order valence-electron chi connectivity index (χ1n) is 18.6. The van der Waals surface area contributed by atoms with Crippen molar-refractivity contribution in [1.82, 2.24) is 9.97 Å². The summed E-state index contributed by atoms with van der Waals surface area (Å²) in [6.07, 6.45) is 1.97. The summed E-state index contributed by atoms with van der Waals surface area (Å²) in [5, 5.41) is 23.9. The van der Waals surface area contributed by atoms with Crippen molar-refractivity contribution in [2.24, 2.45) is 0 Å². The molecule has 4 N–H and O–H groups in total. The maximum Gasteiger partial charge on any atom is 0.573 e. The van der Waals surface area contributed by atoms with E-state index in [2.05, 4.69) is 25.3 Å². The third kappa shape index (κ3) is 10.2. The molecule has 0 aliphatic heterocycles. The summed E-state index contributed by atoms with van der Waals surface area (Å²) >= 11 is 0. The van der Waals surface area contributed by atoms with Gasteiger partial charge in [0.05, 0.1) is 12.8 Å². The van der Waals surface area contributed by atoms with Crippen LogP contribution >= 0.6 is 0 Å². The van der Waals surface area contributed by atoms with Crippen molar-refractivity contribution in [2.45, 2.75) is 43.9 Å². The number of aromatic carboxylic acids is 2. The highest BCUT2D eigenvalue weighted by molar-refractivity contribution is 5.95. The molecular formula is C44H33F7N4O6. The molecule has 0 radical (unpaired) electrons. The Balaban J connectivity index is 0.000000185. The van der Waals surface area contributed by atoms with E-state index in [0.717, 1.165) is 73.2 Å². The minimum Gasteiger partial charge on any atom is -0.497 e. The van der Waals surface area contributed by atoms with E-state index in [1.165, 1.54) is 37.6 Å². The number of ether oxygens (including phenoxy) is 2. The van der Waals surface area contributed by atoms with Crippen molar-refractivity contribution in [3.8, 4) is 33.8 Å². The lowest BCUT2D eigenvalue weighted by Gasteiger charge is -2.14. The van der Waals surface area contributed by atoms with Gasteiger partial charge in [0.1, 0.15) is 63.2 Å². The van der Waals surface area contributed by atoms with E-state index < -0.39 is 53.0 Å². The molecule has 0 unspecified atom stereocenters. The number of nitrogens with zero attached hydrogens (tertiary/aromatic N) is 2. The van der Waals surface area contributed by atoms with Crippen LogP contribution in [-0.4, -0.2) is 45.6 Å². The van der Waals surface area contributed by atoms with Crippen LogP contribution < -0.4 is 20.1 Å². The van der Waals surface area contributed by atoms with E-state index in [9.17, 15) is 50.5 Å². The van der Waals surface area contributed by atoms with Crippen molar-refractivity contribution >= 4 is 34.9 Å². The molecular weight excluding hydrogens is 813 g/mol. The third-order valence-electron chi connectivity index (χ3n) is 9.75. The van der Waals surface area contributed by atoms with Gasteiger partial charge in [-0.05, 0) is 120 Å². The highest BCUT2D eigenvalue weighted by Gasteiger charge is 2.31. The second-order valence-electron chi connectivity index (χ2n) is 14.2. The van der Waals surface area contributed by atoms with E-state index in [1.54, 1.807) is 30.5 Å². The number of halogens is 7. The van der Waals surface area contributed by atoms with Crippen LogP contribution in [-0.2, 0) is 0 Å². The van der Waals surface area contributed by atoms with Crippen LogP contribution in [0.4, 0.5) is 53.7 Å². The zero-order chi connectivity index (χ0) is 43.6. The number of hydrogen-bond donors (Lipinski definition) is 4. The third-order valence-corrected chi connectivity index (χ3v) is 9.75. The Morgan fingerprint density at radius 3 is 1.69 bits per heavy atom. The number of anilines is 4. The molecule has 2 aliphatic rings. The molecule has 0 amide bonds. The predicted molar refractivity (Wildman–Crippen MR) is 210 cm³/mol. The Kier molecular flexibility index (Phi) is 11.8. The number of pyridine rings is 2. The predicted octanol–water partition coefficient (Wildman–Crippen LogP) is 11.6. The summed E-state index contributed by atoms with van der Waals surface area (Å²) in [6.45, 7) is 0. The normalized spacial score (nSPS) is 13.4. The summed E-state index contributed by atoms with van der Waals surface area (Å²) < 4.78 is 105. The zero-order valence-corrected chi connectivity index (χ0v) is 31.8. The topological polar surface area (TPSA) is 143 Å². The van der Waals surface area contributed by atoms with Gasteiger partial charge >= 0.3 is 18.3 Å². The van der Waals surface area contributed by atoms with Crippen LogP contribution in [0, 0.1) is 23.3 Å². The van der Waals surface area contributed by atoms with Gasteiger partial charge in [-0.3, -0.25) is 0 Å². The molecule has 6 aromatic rings. The van der Waals surface area contributed by atoms with Gasteiger partial charge in [-0.25, -0.2) is 37.1 Å². The lowest BCUT2D eigenvalue weighted by molar-refractivity contribution is -0.274. The standard InChI is InChI=1S/C22H15F5N2O3.C22H18F2N2O3/c23-17-8-13(12-2-1-3-15(6-12)32-22(25,26)27)9-18(24)19(17)29-20-16(21(30)31)7-14(10-28-20)11-4-5-11;1-29-15-4-2-3-13(7-15)16-9-19(24)20(10-18(16)23)26-21-17(22(27)28)8-14(11-25-21)12-5-6-12/h1-3,6-11H,4-5H2,(H,28,29)(H,30,31);2-4,7-12H,5-6H2,1H3,(H,25,26)(H,27,28). The lowest BCUT2D eigenvalue weighted by atomic mass is 10.0. The van der Waals surface area contributed by atoms with E-state index in [4.69, 9.17) is 4.74 Å². The Bertz CT molecular complexity index is 2630. The molecule has 17 heteroatoms. The Hall–Kier alpha value is -7.17. The zero-order valence-electron chi connectivity index (χ0n) is 31.8. The van der Waals surface area contributed by atoms with E-state index in [0.29, 0.717) is 17.2 Å². The lowest BCUT2D eigenvalue weighted by Crippen LogP contribution is -2.17. The number of carboxylic acids is 2. The Morgan fingerprint density at radius 1 is 0.639 bits per heavy atom. The van der Waals surface area contributed by atoms with Gasteiger partial charge in [-0.2, -0.15) is 0 Å². The van der Waals surface area contributed by atoms with Crippen LogP contribution in [0.25, 0.3) is 22.3 Å². The van der Waals surface area contributed by atoms with Gasteiger partial charge in [-0.15, -0.1) is 13.2 Å². The quantitative estimate of drug-likeness (QED) is 0.0879. The number of rotatable bonds is 12. The summed E-state index contributed by atoms with van der Waals surface area (Å²) in [5.74, 6) is -5.74. The highest BCUT2D eigenvalue weighted by atomic mass is 19.4. The van der Waals surface area contributed by atoms with Gasteiger partial charge < -0.3 is 30.3 Å². The molecule has 2 aliphatic carbocycles. The first-order valence-corrected chi connectivity index (χ1v) is 18.6. The smallest absolute Gasteiger partial charge is 0.497 e. The number of benzene rings is 4. The first kappa shape index (κ1) is 42.0. The molecule has 10 nitrogen and oxygen atoms in total.